The van der Waals surface area contributed by atoms with Crippen LogP contribution in [0.5, 0.6) is 5.75 Å². The van der Waals surface area contributed by atoms with Crippen LogP contribution < -0.4 is 15.0 Å². The predicted octanol–water partition coefficient (Wildman–Crippen LogP) is 8.53. The Morgan fingerprint density at radius 1 is 0.982 bits per heavy atom. The fraction of sp³-hybridized carbons (Fsp3) is 0.500. The fourth-order valence-electron chi connectivity index (χ4n) is 9.06. The number of thiophene rings is 1. The van der Waals surface area contributed by atoms with Crippen molar-refractivity contribution in [2.24, 2.45) is 5.41 Å². The summed E-state index contributed by atoms with van der Waals surface area (Å²) in [5, 5.41) is 15.3. The summed E-state index contributed by atoms with van der Waals surface area (Å²) in [5.74, 6) is 1.88. The van der Waals surface area contributed by atoms with Gasteiger partial charge in [0.25, 0.3) is 0 Å². The highest BCUT2D eigenvalue weighted by molar-refractivity contribution is 7.18. The van der Waals surface area contributed by atoms with E-state index in [4.69, 9.17) is 9.72 Å². The van der Waals surface area contributed by atoms with E-state index in [1.165, 1.54) is 30.4 Å². The Hall–Kier alpha value is -4.38. The molecule has 3 saturated heterocycles. The maximum absolute atomic E-state index is 13.5. The van der Waals surface area contributed by atoms with Gasteiger partial charge in [0.1, 0.15) is 28.2 Å². The summed E-state index contributed by atoms with van der Waals surface area (Å²) in [4.78, 5) is 17.8. The van der Waals surface area contributed by atoms with Crippen LogP contribution in [0.2, 0.25) is 0 Å². The Morgan fingerprint density at radius 3 is 2.51 bits per heavy atom. The lowest BCUT2D eigenvalue weighted by Crippen LogP contribution is -2.39. The summed E-state index contributed by atoms with van der Waals surface area (Å²) in [6, 6.07) is 18.7. The number of aryl methyl sites for hydroxylation is 1. The second kappa shape index (κ2) is 15.3. The fourth-order valence-corrected chi connectivity index (χ4v) is 10.1. The normalized spacial score (nSPS) is 20.2. The van der Waals surface area contributed by atoms with Crippen molar-refractivity contribution in [1.29, 1.82) is 5.26 Å². The Morgan fingerprint density at radius 2 is 1.76 bits per heavy atom. The Kier molecular flexibility index (Phi) is 10.4. The molecule has 1 spiro atoms. The molecule has 13 heteroatoms. The number of hydrogen-bond donors (Lipinski definition) is 1. The molecule has 290 valence electrons. The van der Waals surface area contributed by atoms with Crippen LogP contribution in [-0.4, -0.2) is 82.9 Å². The van der Waals surface area contributed by atoms with Gasteiger partial charge in [-0.3, -0.25) is 9.80 Å². The molecule has 2 atom stereocenters. The van der Waals surface area contributed by atoms with Gasteiger partial charge in [0.05, 0.1) is 18.9 Å². The molecule has 0 saturated carbocycles. The summed E-state index contributed by atoms with van der Waals surface area (Å²) >= 11 is 1.09. The van der Waals surface area contributed by atoms with E-state index in [1.54, 1.807) is 13.2 Å². The molecule has 3 aromatic heterocycles. The summed E-state index contributed by atoms with van der Waals surface area (Å²) in [7, 11) is 1.63. The number of anilines is 2. The zero-order valence-electron chi connectivity index (χ0n) is 31.9. The molecule has 1 unspecified atom stereocenters. The average Bonchev–Trinajstić information content (AvgIpc) is 3.97. The Bertz CT molecular complexity index is 2200. The van der Waals surface area contributed by atoms with Gasteiger partial charge < -0.3 is 19.5 Å². The smallest absolute Gasteiger partial charge is 0.393 e. The second-order valence-electron chi connectivity index (χ2n) is 15.9. The van der Waals surface area contributed by atoms with E-state index in [1.807, 2.05) is 24.3 Å². The number of halogens is 3. The third-order valence-electron chi connectivity index (χ3n) is 12.1. The number of ether oxygens (including phenoxy) is 1. The van der Waals surface area contributed by atoms with Crippen LogP contribution in [0.15, 0.2) is 48.5 Å². The van der Waals surface area contributed by atoms with E-state index >= 15 is 0 Å². The van der Waals surface area contributed by atoms with Gasteiger partial charge in [-0.1, -0.05) is 24.6 Å². The maximum Gasteiger partial charge on any atom is 0.393 e. The van der Waals surface area contributed by atoms with Gasteiger partial charge in [-0.15, -0.1) is 11.3 Å². The molecule has 2 aromatic carbocycles. The number of methoxy groups -OCH3 is 1. The SMILES string of the molecule is COc1ccc(CNc2nc(N3CCC4(CCN(Cc5ccc6c(cc(C#N)n6C[C@H](C)N6CCCCC6)c5C)C4)C3)c3cc(CC(F)(F)F)sc3n2)cc1. The molecule has 3 fully saturated rings. The highest BCUT2D eigenvalue weighted by Gasteiger charge is 2.44. The topological polar surface area (TPSA) is 85.5 Å². The number of nitrogens with one attached hydrogen (secondary N) is 1. The first-order valence-corrected chi connectivity index (χ1v) is 20.3. The lowest BCUT2D eigenvalue weighted by Gasteiger charge is -2.32. The number of rotatable bonds is 11. The molecule has 0 radical (unpaired) electrons. The molecule has 3 aliphatic rings. The van der Waals surface area contributed by atoms with Crippen molar-refractivity contribution in [1.82, 2.24) is 24.3 Å². The quantitative estimate of drug-likeness (QED) is 0.143. The number of alkyl halides is 3. The minimum absolute atomic E-state index is 0.0681. The number of piperidine rings is 1. The molecule has 55 heavy (non-hydrogen) atoms. The number of likely N-dealkylation sites (tertiary alicyclic amines) is 2. The second-order valence-corrected chi connectivity index (χ2v) is 17.0. The molecule has 1 N–H and O–H groups in total. The molecule has 0 aliphatic carbocycles. The van der Waals surface area contributed by atoms with Crippen LogP contribution in [0.3, 0.4) is 0 Å². The Labute approximate surface area is 324 Å². The molecular formula is C42H49F3N8OS. The monoisotopic (exact) mass is 770 g/mol. The van der Waals surface area contributed by atoms with Crippen LogP contribution >= 0.6 is 11.3 Å². The van der Waals surface area contributed by atoms with E-state index in [0.717, 1.165) is 104 Å². The number of hydrogen-bond acceptors (Lipinski definition) is 9. The largest absolute Gasteiger partial charge is 0.497 e. The minimum atomic E-state index is -4.30. The van der Waals surface area contributed by atoms with Crippen molar-refractivity contribution in [3.8, 4) is 11.8 Å². The standard InChI is InChI=1S/C42H49F3N8OS/c1-28(51-15-5-4-6-16-51)24-53-32(22-46)19-35-29(2)31(9-12-37(35)53)25-50-17-13-41(26-50)14-18-52(27-41)38-36-20-34(21-42(43,44)45)55-39(36)49-40(48-38)47-23-30-7-10-33(54-3)11-8-30/h7-12,19-20,28H,4-6,13-18,21,23-27H2,1-3H3,(H,47,48,49)/t28-,41?/m0/s1. The van der Waals surface area contributed by atoms with E-state index in [9.17, 15) is 18.4 Å². The molecule has 9 nitrogen and oxygen atoms in total. The van der Waals surface area contributed by atoms with Gasteiger partial charge in [0.2, 0.25) is 5.95 Å². The van der Waals surface area contributed by atoms with Crippen molar-refractivity contribution < 1.29 is 17.9 Å². The van der Waals surface area contributed by atoms with Gasteiger partial charge in [-0.2, -0.15) is 23.4 Å². The zero-order chi connectivity index (χ0) is 38.3. The van der Waals surface area contributed by atoms with Crippen molar-refractivity contribution in [2.75, 3.05) is 56.6 Å². The Balaban J connectivity index is 0.984. The van der Waals surface area contributed by atoms with Crippen LogP contribution in [0.25, 0.3) is 21.1 Å². The van der Waals surface area contributed by atoms with Crippen molar-refractivity contribution in [3.63, 3.8) is 0 Å². The summed E-state index contributed by atoms with van der Waals surface area (Å²) in [5.41, 5.74) is 5.45. The maximum atomic E-state index is 13.5. The molecule has 5 aromatic rings. The lowest BCUT2D eigenvalue weighted by molar-refractivity contribution is -0.126. The minimum Gasteiger partial charge on any atom is -0.497 e. The third kappa shape index (κ3) is 8.00. The van der Waals surface area contributed by atoms with E-state index < -0.39 is 12.6 Å². The number of fused-ring (bicyclic) bond motifs is 2. The third-order valence-corrected chi connectivity index (χ3v) is 13.1. The van der Waals surface area contributed by atoms with Gasteiger partial charge in [-0.25, -0.2) is 4.98 Å². The molecule has 3 aliphatic heterocycles. The lowest BCUT2D eigenvalue weighted by atomic mass is 9.86. The van der Waals surface area contributed by atoms with Gasteiger partial charge in [-0.05, 0) is 106 Å². The van der Waals surface area contributed by atoms with E-state index in [-0.39, 0.29) is 10.3 Å². The first-order valence-electron chi connectivity index (χ1n) is 19.5. The number of aromatic nitrogens is 3. The predicted molar refractivity (Wildman–Crippen MR) is 213 cm³/mol. The first kappa shape index (κ1) is 37.5. The number of nitrogens with zero attached hydrogens (tertiary/aromatic N) is 7. The highest BCUT2D eigenvalue weighted by Crippen LogP contribution is 2.44. The summed E-state index contributed by atoms with van der Waals surface area (Å²) < 4.78 is 47.9. The van der Waals surface area contributed by atoms with Crippen molar-refractivity contribution in [3.05, 3.63) is 75.8 Å². The molecule has 0 bridgehead atoms. The van der Waals surface area contributed by atoms with E-state index in [2.05, 4.69) is 67.7 Å². The summed E-state index contributed by atoms with van der Waals surface area (Å²) in [6.07, 6.45) is 0.556. The molecular weight excluding hydrogens is 722 g/mol. The molecule has 6 heterocycles. The van der Waals surface area contributed by atoms with Crippen molar-refractivity contribution >= 4 is 44.2 Å². The van der Waals surface area contributed by atoms with Crippen LogP contribution in [0, 0.1) is 23.7 Å². The van der Waals surface area contributed by atoms with Crippen LogP contribution in [-0.2, 0) is 26.1 Å². The zero-order valence-corrected chi connectivity index (χ0v) is 32.7. The molecule has 8 rings (SSSR count). The van der Waals surface area contributed by atoms with Gasteiger partial charge in [0, 0.05) is 66.5 Å². The number of nitriles is 1. The first-order chi connectivity index (χ1) is 26.5. The van der Waals surface area contributed by atoms with E-state index in [0.29, 0.717) is 34.6 Å². The van der Waals surface area contributed by atoms with Crippen LogP contribution in [0.1, 0.15) is 66.3 Å². The molecule has 0 amide bonds. The van der Waals surface area contributed by atoms with Crippen molar-refractivity contribution in [2.45, 2.75) is 84.2 Å². The average molecular weight is 771 g/mol. The van der Waals surface area contributed by atoms with Gasteiger partial charge >= 0.3 is 6.18 Å². The van der Waals surface area contributed by atoms with Crippen LogP contribution in [0.4, 0.5) is 24.9 Å². The highest BCUT2D eigenvalue weighted by atomic mass is 32.1. The number of benzene rings is 2. The van der Waals surface area contributed by atoms with Gasteiger partial charge in [0.15, 0.2) is 0 Å². The summed E-state index contributed by atoms with van der Waals surface area (Å²) in [6.45, 7) is 12.3.